The molecule has 2 rings (SSSR count). The van der Waals surface area contributed by atoms with Crippen molar-refractivity contribution in [3.63, 3.8) is 0 Å². The maximum Gasteiger partial charge on any atom is 0.0713 e. The molecule has 2 aromatic rings. The van der Waals surface area contributed by atoms with Gasteiger partial charge in [-0.1, -0.05) is 60.7 Å². The second-order valence-electron chi connectivity index (χ2n) is 3.93. The third-order valence-electron chi connectivity index (χ3n) is 2.38. The van der Waals surface area contributed by atoms with Gasteiger partial charge >= 0.3 is 0 Å². The predicted molar refractivity (Wildman–Crippen MR) is 76.4 cm³/mol. The minimum atomic E-state index is 0.709. The highest BCUT2D eigenvalue weighted by atomic mass is 16.5. The lowest BCUT2D eigenvalue weighted by Gasteiger charge is -1.95. The summed E-state index contributed by atoms with van der Waals surface area (Å²) in [5.41, 5.74) is 2.56. The van der Waals surface area contributed by atoms with E-state index in [-0.39, 0.29) is 0 Å². The SMILES string of the molecule is CNCc1ccccc1.COCc1ccccc1. The molecule has 0 bridgehead atoms. The van der Waals surface area contributed by atoms with Crippen molar-refractivity contribution in [2.24, 2.45) is 0 Å². The van der Waals surface area contributed by atoms with E-state index in [2.05, 4.69) is 17.4 Å². The molecule has 96 valence electrons. The van der Waals surface area contributed by atoms with Gasteiger partial charge in [0.1, 0.15) is 0 Å². The Hall–Kier alpha value is -1.64. The Morgan fingerprint density at radius 2 is 1.33 bits per heavy atom. The van der Waals surface area contributed by atoms with Gasteiger partial charge < -0.3 is 10.1 Å². The number of rotatable bonds is 4. The second kappa shape index (κ2) is 9.40. The molecule has 0 aromatic heterocycles. The molecule has 0 spiro atoms. The standard InChI is InChI=1S/C8H11N.C8H10O/c2*1-9-7-8-5-3-2-4-6-8/h2-6,9H,7H2,1H3;2-6H,7H2,1H3. The van der Waals surface area contributed by atoms with E-state index < -0.39 is 0 Å². The van der Waals surface area contributed by atoms with E-state index in [9.17, 15) is 0 Å². The molecule has 0 heterocycles. The van der Waals surface area contributed by atoms with Gasteiger partial charge in [0, 0.05) is 13.7 Å². The Kier molecular flexibility index (Phi) is 7.53. The first-order valence-electron chi connectivity index (χ1n) is 6.08. The quantitative estimate of drug-likeness (QED) is 0.890. The first-order valence-corrected chi connectivity index (χ1v) is 6.08. The Balaban J connectivity index is 0.000000180. The Bertz CT molecular complexity index is 358. The fourth-order valence-corrected chi connectivity index (χ4v) is 1.54. The zero-order chi connectivity index (χ0) is 13.1. The van der Waals surface area contributed by atoms with E-state index in [1.165, 1.54) is 11.1 Å². The van der Waals surface area contributed by atoms with E-state index >= 15 is 0 Å². The van der Waals surface area contributed by atoms with Crippen LogP contribution in [-0.2, 0) is 17.9 Å². The van der Waals surface area contributed by atoms with Gasteiger partial charge in [0.05, 0.1) is 6.61 Å². The molecular weight excluding hydrogens is 222 g/mol. The Morgan fingerprint density at radius 1 is 0.833 bits per heavy atom. The van der Waals surface area contributed by atoms with Crippen LogP contribution in [0.3, 0.4) is 0 Å². The third kappa shape index (κ3) is 6.18. The number of benzene rings is 2. The molecule has 2 heteroatoms. The van der Waals surface area contributed by atoms with E-state index in [1.807, 2.05) is 55.6 Å². The van der Waals surface area contributed by atoms with Gasteiger partial charge in [-0.25, -0.2) is 0 Å². The molecule has 0 saturated carbocycles. The minimum absolute atomic E-state index is 0.709. The maximum absolute atomic E-state index is 4.93. The lowest BCUT2D eigenvalue weighted by Crippen LogP contribution is -2.04. The molecule has 2 nitrogen and oxygen atoms in total. The van der Waals surface area contributed by atoms with Crippen LogP contribution in [0.15, 0.2) is 60.7 Å². The van der Waals surface area contributed by atoms with Crippen molar-refractivity contribution in [1.82, 2.24) is 5.32 Å². The molecule has 1 N–H and O–H groups in total. The van der Waals surface area contributed by atoms with Crippen LogP contribution in [0.2, 0.25) is 0 Å². The number of ether oxygens (including phenoxy) is 1. The number of methoxy groups -OCH3 is 1. The molecule has 0 radical (unpaired) electrons. The maximum atomic E-state index is 4.93. The minimum Gasteiger partial charge on any atom is -0.380 e. The van der Waals surface area contributed by atoms with Crippen LogP contribution in [0, 0.1) is 0 Å². The van der Waals surface area contributed by atoms with E-state index in [1.54, 1.807) is 7.11 Å². The average molecular weight is 243 g/mol. The second-order valence-corrected chi connectivity index (χ2v) is 3.93. The van der Waals surface area contributed by atoms with Crippen molar-refractivity contribution in [2.75, 3.05) is 14.2 Å². The summed E-state index contributed by atoms with van der Waals surface area (Å²) in [7, 11) is 3.65. The lowest BCUT2D eigenvalue weighted by molar-refractivity contribution is 0.185. The van der Waals surface area contributed by atoms with E-state index in [0.29, 0.717) is 6.61 Å². The Labute approximate surface area is 110 Å². The highest BCUT2D eigenvalue weighted by molar-refractivity contribution is 5.14. The fourth-order valence-electron chi connectivity index (χ4n) is 1.54. The topological polar surface area (TPSA) is 21.3 Å². The molecule has 0 aliphatic heterocycles. The molecule has 0 amide bonds. The van der Waals surface area contributed by atoms with Gasteiger partial charge in [-0.2, -0.15) is 0 Å². The van der Waals surface area contributed by atoms with Crippen molar-refractivity contribution >= 4 is 0 Å². The molecule has 0 atom stereocenters. The van der Waals surface area contributed by atoms with Crippen LogP contribution >= 0.6 is 0 Å². The van der Waals surface area contributed by atoms with Gasteiger partial charge in [0.2, 0.25) is 0 Å². The van der Waals surface area contributed by atoms with Crippen LogP contribution in [0.5, 0.6) is 0 Å². The van der Waals surface area contributed by atoms with Crippen LogP contribution < -0.4 is 5.32 Å². The average Bonchev–Trinajstić information content (AvgIpc) is 2.43. The summed E-state index contributed by atoms with van der Waals surface area (Å²) < 4.78 is 4.93. The lowest BCUT2D eigenvalue weighted by atomic mass is 10.2. The first-order chi connectivity index (χ1) is 8.86. The van der Waals surface area contributed by atoms with Crippen LogP contribution in [-0.4, -0.2) is 14.2 Å². The van der Waals surface area contributed by atoms with Gasteiger partial charge in [0.25, 0.3) is 0 Å². The molecule has 0 aliphatic rings. The first kappa shape index (κ1) is 14.4. The zero-order valence-electron chi connectivity index (χ0n) is 11.1. The van der Waals surface area contributed by atoms with Crippen molar-refractivity contribution in [3.8, 4) is 0 Å². The summed E-state index contributed by atoms with van der Waals surface area (Å²) in [6.07, 6.45) is 0. The summed E-state index contributed by atoms with van der Waals surface area (Å²) in [5, 5.41) is 3.08. The summed E-state index contributed by atoms with van der Waals surface area (Å²) >= 11 is 0. The zero-order valence-corrected chi connectivity index (χ0v) is 11.1. The number of nitrogens with one attached hydrogen (secondary N) is 1. The fraction of sp³-hybridized carbons (Fsp3) is 0.250. The molecule has 18 heavy (non-hydrogen) atoms. The van der Waals surface area contributed by atoms with Crippen LogP contribution in [0.4, 0.5) is 0 Å². The smallest absolute Gasteiger partial charge is 0.0713 e. The molecule has 0 saturated heterocycles. The molecule has 0 fully saturated rings. The van der Waals surface area contributed by atoms with Crippen molar-refractivity contribution in [2.45, 2.75) is 13.2 Å². The normalized spacial score (nSPS) is 9.44. The van der Waals surface area contributed by atoms with Gasteiger partial charge in [-0.3, -0.25) is 0 Å². The van der Waals surface area contributed by atoms with Gasteiger partial charge in [-0.05, 0) is 18.2 Å². The summed E-state index contributed by atoms with van der Waals surface area (Å²) in [4.78, 5) is 0. The van der Waals surface area contributed by atoms with Gasteiger partial charge in [-0.15, -0.1) is 0 Å². The third-order valence-corrected chi connectivity index (χ3v) is 2.38. The summed E-state index contributed by atoms with van der Waals surface area (Å²) in [6, 6.07) is 20.4. The summed E-state index contributed by atoms with van der Waals surface area (Å²) in [5.74, 6) is 0. The monoisotopic (exact) mass is 243 g/mol. The van der Waals surface area contributed by atoms with Crippen molar-refractivity contribution in [3.05, 3.63) is 71.8 Å². The molecule has 2 aromatic carbocycles. The molecular formula is C16H21NO. The predicted octanol–water partition coefficient (Wildman–Crippen LogP) is 3.24. The highest BCUT2D eigenvalue weighted by Crippen LogP contribution is 1.98. The highest BCUT2D eigenvalue weighted by Gasteiger charge is 1.84. The largest absolute Gasteiger partial charge is 0.380 e. The molecule has 0 unspecified atom stereocenters. The van der Waals surface area contributed by atoms with Crippen LogP contribution in [0.1, 0.15) is 11.1 Å². The van der Waals surface area contributed by atoms with Crippen molar-refractivity contribution < 1.29 is 4.74 Å². The number of hydrogen-bond donors (Lipinski definition) is 1. The van der Waals surface area contributed by atoms with Crippen LogP contribution in [0.25, 0.3) is 0 Å². The van der Waals surface area contributed by atoms with Gasteiger partial charge in [0.15, 0.2) is 0 Å². The summed E-state index contributed by atoms with van der Waals surface area (Å²) in [6.45, 7) is 1.67. The number of hydrogen-bond acceptors (Lipinski definition) is 2. The molecule has 0 aliphatic carbocycles. The van der Waals surface area contributed by atoms with E-state index in [0.717, 1.165) is 6.54 Å². The van der Waals surface area contributed by atoms with Crippen molar-refractivity contribution in [1.29, 1.82) is 0 Å². The van der Waals surface area contributed by atoms with E-state index in [4.69, 9.17) is 4.74 Å². The Morgan fingerprint density at radius 3 is 1.78 bits per heavy atom.